The van der Waals surface area contributed by atoms with E-state index in [9.17, 15) is 9.18 Å². The third kappa shape index (κ3) is 2.62. The molecule has 4 heteroatoms. The number of halogens is 1. The molecule has 0 aromatic heterocycles. The van der Waals surface area contributed by atoms with Crippen LogP contribution in [0.4, 0.5) is 4.39 Å². The first-order valence-corrected chi connectivity index (χ1v) is 8.92. The minimum absolute atomic E-state index is 0.0876. The molecule has 0 radical (unpaired) electrons. The molecule has 3 nitrogen and oxygen atoms in total. The summed E-state index contributed by atoms with van der Waals surface area (Å²) in [5.41, 5.74) is 4.70. The van der Waals surface area contributed by atoms with E-state index < -0.39 is 0 Å². The van der Waals surface area contributed by atoms with Crippen molar-refractivity contribution in [1.82, 2.24) is 4.90 Å². The second kappa shape index (κ2) is 6.96. The molecule has 2 unspecified atom stereocenters. The summed E-state index contributed by atoms with van der Waals surface area (Å²) in [4.78, 5) is 14.9. The largest absolute Gasteiger partial charge is 0.497 e. The summed E-state index contributed by atoms with van der Waals surface area (Å²) in [6, 6.07) is 6.01. The molecule has 0 saturated heterocycles. The van der Waals surface area contributed by atoms with Crippen LogP contribution in [0, 0.1) is 5.92 Å². The van der Waals surface area contributed by atoms with Gasteiger partial charge in [-0.05, 0) is 61.9 Å². The molecule has 1 aromatic carbocycles. The molecular weight excluding hydrogens is 304 g/mol. The van der Waals surface area contributed by atoms with E-state index in [0.717, 1.165) is 48.4 Å². The minimum Gasteiger partial charge on any atom is -0.497 e. The lowest BCUT2D eigenvalue weighted by Gasteiger charge is -2.24. The molecular formula is C20H26FNO2. The van der Waals surface area contributed by atoms with Gasteiger partial charge in [0.05, 0.1) is 19.7 Å². The summed E-state index contributed by atoms with van der Waals surface area (Å²) in [7, 11) is 1.65. The zero-order valence-corrected chi connectivity index (χ0v) is 14.8. The van der Waals surface area contributed by atoms with Gasteiger partial charge in [0, 0.05) is 19.0 Å². The Kier molecular flexibility index (Phi) is 4.93. The Balaban J connectivity index is 2.03. The van der Waals surface area contributed by atoms with Gasteiger partial charge in [0.25, 0.3) is 0 Å². The molecule has 3 rings (SSSR count). The lowest BCUT2D eigenvalue weighted by atomic mass is 9.89. The Labute approximate surface area is 143 Å². The van der Waals surface area contributed by atoms with Crippen LogP contribution < -0.4 is 4.74 Å². The van der Waals surface area contributed by atoms with Crippen LogP contribution in [-0.2, 0) is 4.79 Å². The number of alkyl halides is 1. The van der Waals surface area contributed by atoms with Crippen LogP contribution in [0.1, 0.15) is 50.2 Å². The Morgan fingerprint density at radius 1 is 1.33 bits per heavy atom. The number of fused-ring (bicyclic) bond motifs is 2. The third-order valence-corrected chi connectivity index (χ3v) is 5.51. The summed E-state index contributed by atoms with van der Waals surface area (Å²) in [6.07, 6.45) is 2.25. The van der Waals surface area contributed by atoms with Crippen LogP contribution in [0.2, 0.25) is 0 Å². The number of hydrogen-bond acceptors (Lipinski definition) is 2. The summed E-state index contributed by atoms with van der Waals surface area (Å²) in [5, 5.41) is 0. The minimum atomic E-state index is -0.332. The topological polar surface area (TPSA) is 29.5 Å². The van der Waals surface area contributed by atoms with E-state index in [0.29, 0.717) is 6.42 Å². The predicted molar refractivity (Wildman–Crippen MR) is 93.9 cm³/mol. The van der Waals surface area contributed by atoms with Gasteiger partial charge in [-0.2, -0.15) is 0 Å². The van der Waals surface area contributed by atoms with Crippen molar-refractivity contribution in [2.45, 2.75) is 39.0 Å². The van der Waals surface area contributed by atoms with Crippen LogP contribution >= 0.6 is 0 Å². The molecule has 0 fully saturated rings. The Morgan fingerprint density at radius 2 is 2.08 bits per heavy atom. The Hall–Kier alpha value is -1.84. The van der Waals surface area contributed by atoms with E-state index >= 15 is 0 Å². The van der Waals surface area contributed by atoms with E-state index in [4.69, 9.17) is 4.74 Å². The number of nitrogens with zero attached hydrogens (tertiary/aromatic N) is 1. The van der Waals surface area contributed by atoms with Gasteiger partial charge in [-0.3, -0.25) is 9.18 Å². The van der Waals surface area contributed by atoms with Gasteiger partial charge in [0.1, 0.15) is 5.75 Å². The van der Waals surface area contributed by atoms with Crippen molar-refractivity contribution < 1.29 is 13.9 Å². The SMILES string of the molecule is CCN(CC)C(=O)C1CCC2=C1c1cc(OC)ccc1C2CC[18F]. The van der Waals surface area contributed by atoms with Crippen molar-refractivity contribution in [1.29, 1.82) is 0 Å². The van der Waals surface area contributed by atoms with Gasteiger partial charge < -0.3 is 9.64 Å². The fraction of sp³-hybridized carbons (Fsp3) is 0.550. The molecule has 24 heavy (non-hydrogen) atoms. The number of methoxy groups -OCH3 is 1. The summed E-state index contributed by atoms with van der Waals surface area (Å²) in [5.74, 6) is 1.04. The zero-order chi connectivity index (χ0) is 17.3. The molecule has 2 aliphatic rings. The molecule has 0 N–H and O–H groups in total. The normalized spacial score (nSPS) is 21.7. The monoisotopic (exact) mass is 330 g/mol. The number of carbonyl (C=O) groups is 1. The third-order valence-electron chi connectivity index (χ3n) is 5.51. The Bertz CT molecular complexity index is 664. The van der Waals surface area contributed by atoms with E-state index in [1.807, 2.05) is 36.9 Å². The molecule has 0 bridgehead atoms. The van der Waals surface area contributed by atoms with Crippen LogP contribution in [0.25, 0.3) is 5.57 Å². The molecule has 0 aliphatic heterocycles. The van der Waals surface area contributed by atoms with Crippen molar-refractivity contribution in [3.05, 3.63) is 34.9 Å². The van der Waals surface area contributed by atoms with Gasteiger partial charge in [0.15, 0.2) is 0 Å². The van der Waals surface area contributed by atoms with Gasteiger partial charge >= 0.3 is 0 Å². The van der Waals surface area contributed by atoms with E-state index in [2.05, 4.69) is 0 Å². The highest BCUT2D eigenvalue weighted by Gasteiger charge is 2.42. The highest BCUT2D eigenvalue weighted by Crippen LogP contribution is 2.54. The lowest BCUT2D eigenvalue weighted by molar-refractivity contribution is -0.133. The fourth-order valence-electron chi connectivity index (χ4n) is 4.35. The van der Waals surface area contributed by atoms with Crippen molar-refractivity contribution >= 4 is 11.5 Å². The van der Waals surface area contributed by atoms with Crippen molar-refractivity contribution in [2.24, 2.45) is 5.92 Å². The first-order chi connectivity index (χ1) is 11.7. The maximum Gasteiger partial charge on any atom is 0.230 e. The number of rotatable bonds is 6. The van der Waals surface area contributed by atoms with Crippen molar-refractivity contribution in [2.75, 3.05) is 26.9 Å². The number of benzene rings is 1. The summed E-state index contributed by atoms with van der Waals surface area (Å²) >= 11 is 0. The van der Waals surface area contributed by atoms with Crippen molar-refractivity contribution in [3.63, 3.8) is 0 Å². The fourth-order valence-corrected chi connectivity index (χ4v) is 4.35. The zero-order valence-electron chi connectivity index (χ0n) is 14.8. The first-order valence-electron chi connectivity index (χ1n) is 8.92. The molecule has 2 aliphatic carbocycles. The molecule has 0 heterocycles. The smallest absolute Gasteiger partial charge is 0.230 e. The number of amides is 1. The second-order valence-corrected chi connectivity index (χ2v) is 6.52. The van der Waals surface area contributed by atoms with Crippen LogP contribution in [-0.4, -0.2) is 37.7 Å². The molecule has 0 spiro atoms. The second-order valence-electron chi connectivity index (χ2n) is 6.52. The number of carbonyl (C=O) groups excluding carboxylic acids is 1. The van der Waals surface area contributed by atoms with Crippen LogP contribution in [0.5, 0.6) is 5.75 Å². The van der Waals surface area contributed by atoms with Crippen molar-refractivity contribution in [3.8, 4) is 5.75 Å². The summed E-state index contributed by atoms with van der Waals surface area (Å²) < 4.78 is 18.5. The molecule has 1 aromatic rings. The van der Waals surface area contributed by atoms with E-state index in [-0.39, 0.29) is 24.4 Å². The molecule has 1 amide bonds. The maximum absolute atomic E-state index is 13.1. The van der Waals surface area contributed by atoms with Crippen LogP contribution in [0.3, 0.4) is 0 Å². The van der Waals surface area contributed by atoms with Crippen LogP contribution in [0.15, 0.2) is 23.8 Å². The molecule has 2 atom stereocenters. The van der Waals surface area contributed by atoms with Gasteiger partial charge in [-0.1, -0.05) is 11.6 Å². The number of allylic oxidation sites excluding steroid dienone is 1. The van der Waals surface area contributed by atoms with E-state index in [1.165, 1.54) is 5.57 Å². The average molecular weight is 330 g/mol. The number of ether oxygens (including phenoxy) is 1. The number of hydrogen-bond donors (Lipinski definition) is 0. The van der Waals surface area contributed by atoms with Gasteiger partial charge in [-0.25, -0.2) is 0 Å². The summed E-state index contributed by atoms with van der Waals surface area (Å²) in [6.45, 7) is 5.16. The lowest BCUT2D eigenvalue weighted by Crippen LogP contribution is -2.35. The standard InChI is InChI=1S/C20H26FNO2/c1-4-22(5-2)20(23)17-9-8-16-15(10-11-21)14-7-6-13(24-3)12-18(14)19(16)17/h6-7,12,15,17H,4-5,8-11H2,1-3H3/i21-1. The quantitative estimate of drug-likeness (QED) is 0.783. The Morgan fingerprint density at radius 3 is 2.71 bits per heavy atom. The maximum atomic E-state index is 13.1. The predicted octanol–water partition coefficient (Wildman–Crippen LogP) is 4.18. The molecule has 0 saturated carbocycles. The first kappa shape index (κ1) is 17.0. The van der Waals surface area contributed by atoms with Gasteiger partial charge in [0.2, 0.25) is 5.91 Å². The average Bonchev–Trinajstić information content (AvgIpc) is 3.15. The van der Waals surface area contributed by atoms with E-state index in [1.54, 1.807) is 7.11 Å². The molecule has 130 valence electrons. The highest BCUT2D eigenvalue weighted by molar-refractivity contribution is 5.97. The van der Waals surface area contributed by atoms with Gasteiger partial charge in [-0.15, -0.1) is 0 Å². The highest BCUT2D eigenvalue weighted by atomic mass is 18.2.